The molecule has 6 heteroatoms. The van der Waals surface area contributed by atoms with Crippen molar-refractivity contribution in [2.75, 3.05) is 6.61 Å². The minimum atomic E-state index is -1.08. The van der Waals surface area contributed by atoms with E-state index in [0.29, 0.717) is 5.75 Å². The molecular weight excluding hydrogens is 332 g/mol. The third-order valence-corrected chi connectivity index (χ3v) is 3.74. The second-order valence-corrected chi connectivity index (χ2v) is 5.46. The van der Waals surface area contributed by atoms with E-state index in [1.54, 1.807) is 6.07 Å². The van der Waals surface area contributed by atoms with Crippen molar-refractivity contribution >= 4 is 11.7 Å². The summed E-state index contributed by atoms with van der Waals surface area (Å²) in [5, 5.41) is 21.5. The Morgan fingerprint density at radius 1 is 1.00 bits per heavy atom. The van der Waals surface area contributed by atoms with E-state index in [-0.39, 0.29) is 23.6 Å². The number of pyridine rings is 1. The second kappa shape index (κ2) is 7.94. The summed E-state index contributed by atoms with van der Waals surface area (Å²) < 4.78 is 5.70. The lowest BCUT2D eigenvalue weighted by Gasteiger charge is -2.09. The molecule has 0 aliphatic heterocycles. The predicted octanol–water partition coefficient (Wildman–Crippen LogP) is 3.70. The summed E-state index contributed by atoms with van der Waals surface area (Å²) in [5.41, 5.74) is 2.49. The number of carboxylic acids is 1. The quantitative estimate of drug-likeness (QED) is 0.402. The molecule has 6 nitrogen and oxygen atoms in total. The standard InChI is InChI=1S/C20H16N2O4/c23-20(24)16-9-10-21-18(12-16)19(22-25)13-26-17-8-4-7-15(11-17)14-5-2-1-3-6-14/h1-12,25H,13H2,(H,23,24)/b22-19+. The number of benzene rings is 2. The Labute approximate surface area is 150 Å². The minimum absolute atomic E-state index is 0.0508. The van der Waals surface area contributed by atoms with Crippen molar-refractivity contribution in [2.45, 2.75) is 0 Å². The number of oxime groups is 1. The molecule has 0 saturated heterocycles. The molecule has 0 amide bonds. The van der Waals surface area contributed by atoms with Crippen molar-refractivity contribution in [1.82, 2.24) is 4.98 Å². The molecule has 3 rings (SSSR count). The molecule has 26 heavy (non-hydrogen) atoms. The highest BCUT2D eigenvalue weighted by Crippen LogP contribution is 2.23. The van der Waals surface area contributed by atoms with Gasteiger partial charge in [0.15, 0.2) is 0 Å². The summed E-state index contributed by atoms with van der Waals surface area (Å²) in [5.74, 6) is -0.482. The van der Waals surface area contributed by atoms with Crippen molar-refractivity contribution in [3.05, 3.63) is 84.2 Å². The lowest BCUT2D eigenvalue weighted by atomic mass is 10.1. The molecule has 0 spiro atoms. The molecule has 0 unspecified atom stereocenters. The normalized spacial score (nSPS) is 11.2. The first kappa shape index (κ1) is 17.2. The molecule has 0 saturated carbocycles. The number of hydrogen-bond donors (Lipinski definition) is 2. The first-order valence-electron chi connectivity index (χ1n) is 7.86. The molecule has 1 heterocycles. The Balaban J connectivity index is 1.76. The number of carbonyl (C=O) groups is 1. The Bertz CT molecular complexity index is 939. The van der Waals surface area contributed by atoms with Crippen LogP contribution in [0.4, 0.5) is 0 Å². The van der Waals surface area contributed by atoms with Crippen LogP contribution < -0.4 is 4.74 Å². The third kappa shape index (κ3) is 4.05. The Morgan fingerprint density at radius 2 is 1.77 bits per heavy atom. The van der Waals surface area contributed by atoms with E-state index >= 15 is 0 Å². The third-order valence-electron chi connectivity index (χ3n) is 3.74. The fourth-order valence-corrected chi connectivity index (χ4v) is 2.42. The SMILES string of the molecule is O=C(O)c1ccnc(/C(COc2cccc(-c3ccccc3)c2)=N/O)c1. The number of rotatable bonds is 6. The van der Waals surface area contributed by atoms with Gasteiger partial charge in [0, 0.05) is 6.20 Å². The van der Waals surface area contributed by atoms with Crippen molar-refractivity contribution in [3.8, 4) is 16.9 Å². The van der Waals surface area contributed by atoms with Crippen LogP contribution in [0, 0.1) is 0 Å². The molecule has 3 aromatic rings. The van der Waals surface area contributed by atoms with Gasteiger partial charge in [-0.3, -0.25) is 4.98 Å². The average molecular weight is 348 g/mol. The van der Waals surface area contributed by atoms with Gasteiger partial charge in [0.2, 0.25) is 0 Å². The maximum atomic E-state index is 11.1. The molecule has 2 aromatic carbocycles. The fraction of sp³-hybridized carbons (Fsp3) is 0.0500. The van der Waals surface area contributed by atoms with E-state index in [2.05, 4.69) is 10.1 Å². The summed E-state index contributed by atoms with van der Waals surface area (Å²) in [4.78, 5) is 15.1. The Morgan fingerprint density at radius 3 is 2.50 bits per heavy atom. The summed E-state index contributed by atoms with van der Waals surface area (Å²) in [6.45, 7) is -0.0508. The number of carboxylic acid groups (broad SMARTS) is 1. The summed E-state index contributed by atoms with van der Waals surface area (Å²) >= 11 is 0. The van der Waals surface area contributed by atoms with E-state index < -0.39 is 5.97 Å². The van der Waals surface area contributed by atoms with Gasteiger partial charge in [0.25, 0.3) is 0 Å². The molecule has 0 radical (unpaired) electrons. The average Bonchev–Trinajstić information content (AvgIpc) is 2.69. The van der Waals surface area contributed by atoms with E-state index in [9.17, 15) is 10.0 Å². The number of ether oxygens (including phenoxy) is 1. The van der Waals surface area contributed by atoms with E-state index in [1.165, 1.54) is 18.3 Å². The molecule has 0 aliphatic carbocycles. The van der Waals surface area contributed by atoms with Crippen molar-refractivity contribution < 1.29 is 19.8 Å². The van der Waals surface area contributed by atoms with Crippen molar-refractivity contribution in [3.63, 3.8) is 0 Å². The maximum Gasteiger partial charge on any atom is 0.335 e. The van der Waals surface area contributed by atoms with Gasteiger partial charge in [-0.25, -0.2) is 4.79 Å². The minimum Gasteiger partial charge on any atom is -0.487 e. The number of aromatic carboxylic acids is 1. The summed E-state index contributed by atoms with van der Waals surface area (Å²) in [6.07, 6.45) is 1.35. The van der Waals surface area contributed by atoms with Gasteiger partial charge in [-0.15, -0.1) is 0 Å². The van der Waals surface area contributed by atoms with E-state index in [4.69, 9.17) is 9.84 Å². The highest BCUT2D eigenvalue weighted by molar-refractivity contribution is 6.01. The largest absolute Gasteiger partial charge is 0.487 e. The molecule has 1 aromatic heterocycles. The maximum absolute atomic E-state index is 11.1. The van der Waals surface area contributed by atoms with Crippen LogP contribution >= 0.6 is 0 Å². The first-order valence-corrected chi connectivity index (χ1v) is 7.86. The molecule has 0 aliphatic rings. The molecule has 0 atom stereocenters. The van der Waals surface area contributed by atoms with Gasteiger partial charge in [-0.2, -0.15) is 0 Å². The van der Waals surface area contributed by atoms with Crippen LogP contribution in [-0.4, -0.2) is 33.6 Å². The number of hydrogen-bond acceptors (Lipinski definition) is 5. The van der Waals surface area contributed by atoms with Crippen LogP contribution in [0.3, 0.4) is 0 Å². The first-order chi connectivity index (χ1) is 12.7. The number of nitrogens with zero attached hydrogens (tertiary/aromatic N) is 2. The summed E-state index contributed by atoms with van der Waals surface area (Å²) in [6, 6.07) is 20.1. The van der Waals surface area contributed by atoms with Gasteiger partial charge in [-0.1, -0.05) is 47.6 Å². The van der Waals surface area contributed by atoms with Gasteiger partial charge < -0.3 is 15.1 Å². The molecule has 0 bridgehead atoms. The van der Waals surface area contributed by atoms with Crippen LogP contribution in [0.5, 0.6) is 5.75 Å². The highest BCUT2D eigenvalue weighted by Gasteiger charge is 2.11. The molecule has 2 N–H and O–H groups in total. The van der Waals surface area contributed by atoms with Crippen molar-refractivity contribution in [2.24, 2.45) is 5.16 Å². The fourth-order valence-electron chi connectivity index (χ4n) is 2.42. The Kier molecular flexibility index (Phi) is 5.24. The van der Waals surface area contributed by atoms with Gasteiger partial charge in [0.05, 0.1) is 11.3 Å². The molecule has 0 fully saturated rings. The van der Waals surface area contributed by atoms with Gasteiger partial charge >= 0.3 is 5.97 Å². The van der Waals surface area contributed by atoms with Crippen molar-refractivity contribution in [1.29, 1.82) is 0 Å². The van der Waals surface area contributed by atoms with Gasteiger partial charge in [-0.05, 0) is 35.4 Å². The van der Waals surface area contributed by atoms with E-state index in [0.717, 1.165) is 11.1 Å². The molecule has 130 valence electrons. The lowest BCUT2D eigenvalue weighted by molar-refractivity contribution is 0.0696. The smallest absolute Gasteiger partial charge is 0.335 e. The highest BCUT2D eigenvalue weighted by atomic mass is 16.5. The monoisotopic (exact) mass is 348 g/mol. The van der Waals surface area contributed by atoms with E-state index in [1.807, 2.05) is 48.5 Å². The van der Waals surface area contributed by atoms with Crippen LogP contribution in [0.25, 0.3) is 11.1 Å². The predicted molar refractivity (Wildman–Crippen MR) is 96.9 cm³/mol. The number of aromatic nitrogens is 1. The van der Waals surface area contributed by atoms with Crippen LogP contribution in [0.1, 0.15) is 16.1 Å². The Hall–Kier alpha value is -3.67. The lowest BCUT2D eigenvalue weighted by Crippen LogP contribution is -2.15. The van der Waals surface area contributed by atoms with Crippen LogP contribution in [0.2, 0.25) is 0 Å². The summed E-state index contributed by atoms with van der Waals surface area (Å²) in [7, 11) is 0. The van der Waals surface area contributed by atoms with Crippen LogP contribution in [-0.2, 0) is 0 Å². The zero-order valence-electron chi connectivity index (χ0n) is 13.7. The zero-order chi connectivity index (χ0) is 18.4. The second-order valence-electron chi connectivity index (χ2n) is 5.46. The molecular formula is C20H16N2O4. The van der Waals surface area contributed by atoms with Crippen LogP contribution in [0.15, 0.2) is 78.1 Å². The van der Waals surface area contributed by atoms with Gasteiger partial charge in [0.1, 0.15) is 18.1 Å². The topological polar surface area (TPSA) is 92.0 Å². The zero-order valence-corrected chi connectivity index (χ0v) is 13.7.